The maximum Gasteiger partial charge on any atom is 0.329 e. The van der Waals surface area contributed by atoms with Gasteiger partial charge >= 0.3 is 11.9 Å². The van der Waals surface area contributed by atoms with Crippen LogP contribution < -0.4 is 0 Å². The van der Waals surface area contributed by atoms with Crippen molar-refractivity contribution in [2.45, 2.75) is 180 Å². The molecule has 14 unspecified atom stereocenters. The largest absolute Gasteiger partial charge is 0.460 e. The first-order valence-corrected chi connectivity index (χ1v) is 25.9. The molecule has 3 heterocycles. The van der Waals surface area contributed by atoms with Crippen LogP contribution in [0.1, 0.15) is 126 Å². The highest BCUT2D eigenvalue weighted by Gasteiger charge is 2.53. The molecule has 0 aromatic carbocycles. The summed E-state index contributed by atoms with van der Waals surface area (Å²) in [6.07, 6.45) is 11.0. The van der Waals surface area contributed by atoms with Gasteiger partial charge in [-0.3, -0.25) is 28.9 Å². The van der Waals surface area contributed by atoms with E-state index in [1.54, 1.807) is 60.1 Å². The fraction of sp³-hybridized carbons (Fsp3) is 0.745. The van der Waals surface area contributed by atoms with Crippen molar-refractivity contribution in [3.8, 4) is 0 Å². The third-order valence-corrected chi connectivity index (χ3v) is 15.2. The Morgan fingerprint density at radius 3 is 2.25 bits per heavy atom. The molecule has 3 fully saturated rings. The molecule has 3 aliphatic heterocycles. The van der Waals surface area contributed by atoms with Gasteiger partial charge in [0.25, 0.3) is 11.7 Å². The number of hydrogen-bond acceptors (Lipinski definition) is 15. The molecule has 2 N–H and O–H groups in total. The van der Waals surface area contributed by atoms with E-state index in [0.29, 0.717) is 69.8 Å². The van der Waals surface area contributed by atoms with Crippen molar-refractivity contribution in [1.29, 1.82) is 0 Å². The van der Waals surface area contributed by atoms with Crippen molar-refractivity contribution in [2.24, 2.45) is 35.5 Å². The lowest BCUT2D eigenvalue weighted by molar-refractivity contribution is -0.265. The zero-order chi connectivity index (χ0) is 52.7. The van der Waals surface area contributed by atoms with Crippen LogP contribution in [0.5, 0.6) is 0 Å². The molecule has 15 atom stereocenters. The number of hydrogen-bond donors (Lipinski definition) is 2. The number of carbonyl (C=O) groups is 6. The highest BCUT2D eigenvalue weighted by molar-refractivity contribution is 6.39. The fourth-order valence-electron chi connectivity index (χ4n) is 10.7. The maximum atomic E-state index is 14.5. The van der Waals surface area contributed by atoms with E-state index in [1.807, 2.05) is 58.1 Å². The van der Waals surface area contributed by atoms with E-state index >= 15 is 0 Å². The normalized spacial score (nSPS) is 38.0. The quantitative estimate of drug-likeness (QED) is 0.148. The highest BCUT2D eigenvalue weighted by Crippen LogP contribution is 2.38. The summed E-state index contributed by atoms with van der Waals surface area (Å²) in [6, 6.07) is -1.17. The van der Waals surface area contributed by atoms with E-state index in [2.05, 4.69) is 0 Å². The number of Topliss-reactive ketones (excluding diaryl/α,β-unsaturated/α-hetero) is 3. The number of methoxy groups -OCH3 is 3. The number of amides is 1. The number of carbonyl (C=O) groups excluding carboxylic acids is 6. The second-order valence-corrected chi connectivity index (χ2v) is 21.3. The molecular weight excluding hydrogens is 913 g/mol. The Bertz CT molecular complexity index is 1950. The molecule has 71 heavy (non-hydrogen) atoms. The van der Waals surface area contributed by atoms with E-state index < -0.39 is 89.8 Å². The molecule has 4 aliphatic rings. The number of esters is 2. The van der Waals surface area contributed by atoms with Crippen molar-refractivity contribution in [1.82, 2.24) is 9.80 Å². The molecule has 1 amide bonds. The van der Waals surface area contributed by atoms with Crippen LogP contribution in [-0.4, -0.2) is 158 Å². The zero-order valence-electron chi connectivity index (χ0n) is 44.6. The number of allylic oxidation sites excluding steroid dienone is 6. The van der Waals surface area contributed by atoms with Gasteiger partial charge < -0.3 is 43.5 Å². The second kappa shape index (κ2) is 28.0. The van der Waals surface area contributed by atoms with Gasteiger partial charge in [0, 0.05) is 58.5 Å². The molecule has 0 spiro atoms. The predicted octanol–water partition coefficient (Wildman–Crippen LogP) is 6.29. The van der Waals surface area contributed by atoms with E-state index in [4.69, 9.17) is 28.4 Å². The lowest BCUT2D eigenvalue weighted by Crippen LogP contribution is -2.61. The molecule has 400 valence electrons. The average molecular weight is 999 g/mol. The number of rotatable bonds is 9. The minimum absolute atomic E-state index is 0.0246. The van der Waals surface area contributed by atoms with Crippen molar-refractivity contribution < 1.29 is 67.4 Å². The van der Waals surface area contributed by atoms with Gasteiger partial charge in [0.05, 0.1) is 31.0 Å². The van der Waals surface area contributed by atoms with Gasteiger partial charge in [0.2, 0.25) is 5.79 Å². The molecule has 0 aromatic heterocycles. The Hall–Kier alpha value is -3.90. The van der Waals surface area contributed by atoms with Crippen LogP contribution in [0.4, 0.5) is 0 Å². The van der Waals surface area contributed by atoms with Gasteiger partial charge in [-0.15, -0.1) is 0 Å². The molecular formula is C55H86N2O14. The number of piperidine rings is 1. The summed E-state index contributed by atoms with van der Waals surface area (Å²) in [7, 11) is 7.98. The SMILES string of the molecule is COC1CC2CCC(C)[C@](O)(O2)C(=O)C(=O)N2CCCCC2C(=O)OC(C(C)CC2CCC(O)C(OC)C2)CC(=O)C(C)/C=C(\C)C(OC(=O)CN(C)C)C(OC)C(=O)C(C)CC(C)/C=C/C=C/C=C\1C. The van der Waals surface area contributed by atoms with E-state index in [0.717, 1.165) is 5.57 Å². The molecule has 0 aromatic rings. The van der Waals surface area contributed by atoms with Crippen LogP contribution in [0.15, 0.2) is 47.6 Å². The van der Waals surface area contributed by atoms with Gasteiger partial charge in [0.1, 0.15) is 17.9 Å². The Morgan fingerprint density at radius 1 is 0.873 bits per heavy atom. The van der Waals surface area contributed by atoms with E-state index in [-0.39, 0.29) is 61.4 Å². The summed E-state index contributed by atoms with van der Waals surface area (Å²) in [5.41, 5.74) is 1.30. The molecule has 16 heteroatoms. The molecule has 1 saturated carbocycles. The number of aliphatic hydroxyl groups excluding tert-OH is 1. The van der Waals surface area contributed by atoms with E-state index in [1.165, 1.54) is 12.0 Å². The van der Waals surface area contributed by atoms with Crippen LogP contribution in [-0.2, 0) is 57.2 Å². The maximum absolute atomic E-state index is 14.5. The summed E-state index contributed by atoms with van der Waals surface area (Å²) in [5, 5.41) is 22.6. The third-order valence-electron chi connectivity index (χ3n) is 15.2. The number of cyclic esters (lactones) is 1. The van der Waals surface area contributed by atoms with Crippen LogP contribution in [0.3, 0.4) is 0 Å². The molecule has 2 bridgehead atoms. The van der Waals surface area contributed by atoms with Crippen molar-refractivity contribution in [3.63, 3.8) is 0 Å². The number of aliphatic hydroxyl groups is 2. The predicted molar refractivity (Wildman–Crippen MR) is 268 cm³/mol. The van der Waals surface area contributed by atoms with Gasteiger partial charge in [-0.25, -0.2) is 4.79 Å². The molecule has 0 radical (unpaired) electrons. The summed E-state index contributed by atoms with van der Waals surface area (Å²) in [5.74, 6) is -8.85. The molecule has 1 aliphatic carbocycles. The summed E-state index contributed by atoms with van der Waals surface area (Å²) in [6.45, 7) is 12.7. The Labute approximate surface area is 422 Å². The van der Waals surface area contributed by atoms with Crippen LogP contribution in [0.2, 0.25) is 0 Å². The van der Waals surface area contributed by atoms with Crippen LogP contribution >= 0.6 is 0 Å². The summed E-state index contributed by atoms with van der Waals surface area (Å²) >= 11 is 0. The van der Waals surface area contributed by atoms with Crippen LogP contribution in [0.25, 0.3) is 0 Å². The summed E-state index contributed by atoms with van der Waals surface area (Å²) < 4.78 is 35.8. The molecule has 2 saturated heterocycles. The molecule has 4 rings (SSSR count). The number of fused-ring (bicyclic) bond motifs is 3. The first-order chi connectivity index (χ1) is 33.5. The first kappa shape index (κ1) is 59.7. The Kier molecular flexibility index (Phi) is 23.5. The van der Waals surface area contributed by atoms with Gasteiger partial charge in [0.15, 0.2) is 18.0 Å². The van der Waals surface area contributed by atoms with Gasteiger partial charge in [-0.2, -0.15) is 0 Å². The first-order valence-electron chi connectivity index (χ1n) is 25.9. The number of nitrogens with zero attached hydrogens (tertiary/aromatic N) is 2. The van der Waals surface area contributed by atoms with Gasteiger partial charge in [-0.1, -0.05) is 71.1 Å². The van der Waals surface area contributed by atoms with Gasteiger partial charge in [-0.05, 0) is 121 Å². The number of ketones is 3. The fourth-order valence-corrected chi connectivity index (χ4v) is 10.7. The lowest BCUT2D eigenvalue weighted by atomic mass is 9.78. The van der Waals surface area contributed by atoms with E-state index in [9.17, 15) is 39.0 Å². The average Bonchev–Trinajstić information content (AvgIpc) is 3.32. The minimum atomic E-state index is -2.45. The standard InChI is InChI=1S/C55H86N2O14/c1-33-18-14-13-15-19-34(2)45(66-10)30-41-23-21-39(7)55(65,71-41)52(62)53(63)57-25-17-16-20-42(57)54(64)69-46(36(4)28-40-22-24-43(58)47(29-40)67-11)31-44(59)35(3)27-38(6)50(70-48(60)32-56(8)9)51(68-12)49(61)37(5)26-33/h13-15,18-19,27,33,35-37,39-43,45-47,50-51,58,65H,16-17,20-26,28-32H2,1-12H3/b15-13+,18-14+,34-19-,38-27+/t33?,35?,36?,37?,39?,40?,41?,42?,43?,45?,46?,47?,50?,51?,55-/m0/s1. The zero-order valence-corrected chi connectivity index (χ0v) is 44.6. The van der Waals surface area contributed by atoms with Crippen LogP contribution in [0, 0.1) is 35.5 Å². The number of ether oxygens (including phenoxy) is 6. The third kappa shape index (κ3) is 16.6. The smallest absolute Gasteiger partial charge is 0.329 e. The number of likely N-dealkylation sites (N-methyl/N-ethyl adjacent to an activating group) is 1. The Morgan fingerprint density at radius 2 is 1.59 bits per heavy atom. The second-order valence-electron chi connectivity index (χ2n) is 21.3. The molecule has 16 nitrogen and oxygen atoms in total. The minimum Gasteiger partial charge on any atom is -0.460 e. The van der Waals surface area contributed by atoms with Crippen molar-refractivity contribution in [2.75, 3.05) is 48.5 Å². The Balaban J connectivity index is 1.77. The monoisotopic (exact) mass is 999 g/mol. The highest BCUT2D eigenvalue weighted by atomic mass is 16.6. The van der Waals surface area contributed by atoms with Crippen molar-refractivity contribution in [3.05, 3.63) is 47.6 Å². The van der Waals surface area contributed by atoms with Crippen molar-refractivity contribution >= 4 is 35.2 Å². The topological polar surface area (TPSA) is 205 Å². The lowest BCUT2D eigenvalue weighted by Gasteiger charge is -2.42. The summed E-state index contributed by atoms with van der Waals surface area (Å²) in [4.78, 5) is 87.9.